The molecule has 0 spiro atoms. The fourth-order valence-electron chi connectivity index (χ4n) is 2.02. The Balaban J connectivity index is 1.88. The van der Waals surface area contributed by atoms with Crippen LogP contribution in [0.5, 0.6) is 0 Å². The number of Topliss-reactive ketones (excluding diaryl/α,β-unsaturated/α-hetero) is 1. The minimum absolute atomic E-state index is 0.204. The van der Waals surface area contributed by atoms with Crippen molar-refractivity contribution in [2.24, 2.45) is 0 Å². The molecule has 1 aliphatic rings. The Hall–Kier alpha value is -0.631. The van der Waals surface area contributed by atoms with Gasteiger partial charge in [0.05, 0.1) is 0 Å². The van der Waals surface area contributed by atoms with Crippen LogP contribution in [0, 0.1) is 30.0 Å². The Kier molecular flexibility index (Phi) is 5.83. The second kappa shape index (κ2) is 7.40. The second-order valence-corrected chi connectivity index (χ2v) is 7.20. The van der Waals surface area contributed by atoms with Crippen molar-refractivity contribution in [3.05, 3.63) is 65.9 Å². The number of carbonyl (C=O) groups is 1. The number of ketones is 1. The number of nitrogens with zero attached hydrogens (tertiary/aromatic N) is 1. The first-order valence-electron chi connectivity index (χ1n) is 6.72. The van der Waals surface area contributed by atoms with Gasteiger partial charge in [0.15, 0.2) is 0 Å². The van der Waals surface area contributed by atoms with Crippen LogP contribution in [-0.2, 0) is 0 Å². The number of hydrogen-bond donors (Lipinski definition) is 0. The van der Waals surface area contributed by atoms with Crippen molar-refractivity contribution in [2.45, 2.75) is 18.3 Å². The van der Waals surface area contributed by atoms with E-state index in [9.17, 15) is 4.79 Å². The first-order valence-corrected chi connectivity index (χ1v) is 8.79. The summed E-state index contributed by atoms with van der Waals surface area (Å²) < 4.78 is 0. The summed E-state index contributed by atoms with van der Waals surface area (Å²) >= 11 is 0.204. The number of rotatable bonds is 6. The molecule has 0 amide bonds. The average molecular weight is 333 g/mol. The van der Waals surface area contributed by atoms with Gasteiger partial charge in [-0.25, -0.2) is 0 Å². The summed E-state index contributed by atoms with van der Waals surface area (Å²) in [6, 6.07) is 9.97. The molecular weight excluding hydrogens is 313 g/mol. The normalized spacial score (nSPS) is 18.6. The van der Waals surface area contributed by atoms with Gasteiger partial charge in [-0.1, -0.05) is 0 Å². The van der Waals surface area contributed by atoms with E-state index < -0.39 is 0 Å². The third-order valence-corrected chi connectivity index (χ3v) is 5.77. The van der Waals surface area contributed by atoms with E-state index in [2.05, 4.69) is 45.2 Å². The zero-order chi connectivity index (χ0) is 14.5. The van der Waals surface area contributed by atoms with Crippen molar-refractivity contribution in [2.75, 3.05) is 14.1 Å². The minimum atomic E-state index is 0.204. The van der Waals surface area contributed by atoms with Gasteiger partial charge in [-0.2, -0.15) is 0 Å². The molecule has 3 heteroatoms. The van der Waals surface area contributed by atoms with Crippen LogP contribution >= 0.6 is 0 Å². The standard InChI is InChI=1S/C17H20NOSe/c1-13(18(2)3)15-10-7-11-17(15)20-12-16(19)14-8-5-4-6-9-14/h4-11,13H,12H2,1-3H3/t13-/m1/s1. The van der Waals surface area contributed by atoms with Crippen LogP contribution in [0.4, 0.5) is 0 Å². The number of carbonyl (C=O) groups excluding carboxylic acids is 1. The van der Waals surface area contributed by atoms with E-state index in [1.54, 1.807) is 0 Å². The predicted octanol–water partition coefficient (Wildman–Crippen LogP) is 2.67. The van der Waals surface area contributed by atoms with Gasteiger partial charge in [0.2, 0.25) is 0 Å². The fraction of sp³-hybridized carbons (Fsp3) is 0.294. The number of benzene rings is 1. The topological polar surface area (TPSA) is 20.3 Å². The Labute approximate surface area is 129 Å². The van der Waals surface area contributed by atoms with Crippen molar-refractivity contribution >= 4 is 20.7 Å². The zero-order valence-electron chi connectivity index (χ0n) is 12.2. The molecule has 2 rings (SSSR count). The van der Waals surface area contributed by atoms with Crippen LogP contribution in [0.2, 0.25) is 5.32 Å². The summed E-state index contributed by atoms with van der Waals surface area (Å²) in [7, 11) is 4.17. The predicted molar refractivity (Wildman–Crippen MR) is 83.9 cm³/mol. The second-order valence-electron chi connectivity index (χ2n) is 5.06. The molecule has 1 saturated carbocycles. The van der Waals surface area contributed by atoms with Crippen molar-refractivity contribution in [1.82, 2.24) is 4.90 Å². The molecule has 20 heavy (non-hydrogen) atoms. The molecule has 1 aromatic carbocycles. The molecule has 5 radical (unpaired) electrons. The Morgan fingerprint density at radius 2 is 1.90 bits per heavy atom. The van der Waals surface area contributed by atoms with Crippen molar-refractivity contribution in [1.29, 1.82) is 0 Å². The first kappa shape index (κ1) is 15.8. The Bertz CT molecular complexity index is 432. The van der Waals surface area contributed by atoms with Gasteiger partial charge >= 0.3 is 129 Å². The molecule has 0 N–H and O–H groups in total. The van der Waals surface area contributed by atoms with Crippen molar-refractivity contribution in [3.8, 4) is 0 Å². The quantitative estimate of drug-likeness (QED) is 0.589. The van der Waals surface area contributed by atoms with Crippen LogP contribution < -0.4 is 0 Å². The molecule has 0 saturated heterocycles. The molecule has 105 valence electrons. The monoisotopic (exact) mass is 334 g/mol. The van der Waals surface area contributed by atoms with Crippen LogP contribution in [-0.4, -0.2) is 45.8 Å². The SMILES string of the molecule is C[C@H]([C]1[CH][CH][CH][C]1[Se]CC(=O)c1ccccc1)N(C)C. The van der Waals surface area contributed by atoms with Gasteiger partial charge in [0.1, 0.15) is 0 Å². The molecule has 0 aliphatic heterocycles. The van der Waals surface area contributed by atoms with Crippen LogP contribution in [0.3, 0.4) is 0 Å². The summed E-state index contributed by atoms with van der Waals surface area (Å²) in [6.45, 7) is 2.20. The van der Waals surface area contributed by atoms with E-state index in [0.717, 1.165) is 5.56 Å². The van der Waals surface area contributed by atoms with E-state index in [4.69, 9.17) is 0 Å². The van der Waals surface area contributed by atoms with Crippen LogP contribution in [0.1, 0.15) is 17.3 Å². The summed E-state index contributed by atoms with van der Waals surface area (Å²) in [5.41, 5.74) is 0.822. The van der Waals surface area contributed by atoms with E-state index in [-0.39, 0.29) is 20.7 Å². The van der Waals surface area contributed by atoms with Gasteiger partial charge in [0.25, 0.3) is 0 Å². The molecule has 0 heterocycles. The molecule has 1 fully saturated rings. The third-order valence-electron chi connectivity index (χ3n) is 3.49. The average Bonchev–Trinajstić information content (AvgIpc) is 2.93. The summed E-state index contributed by atoms with van der Waals surface area (Å²) in [6.07, 6.45) is 6.43. The zero-order valence-corrected chi connectivity index (χ0v) is 13.9. The Morgan fingerprint density at radius 3 is 2.55 bits per heavy atom. The number of hydrogen-bond acceptors (Lipinski definition) is 2. The van der Waals surface area contributed by atoms with Gasteiger partial charge in [0, 0.05) is 0 Å². The van der Waals surface area contributed by atoms with Gasteiger partial charge in [-0.15, -0.1) is 0 Å². The molecule has 0 unspecified atom stereocenters. The van der Waals surface area contributed by atoms with Crippen LogP contribution in [0.25, 0.3) is 0 Å². The molecular formula is C17H20NOSe. The molecule has 0 bridgehead atoms. The summed E-state index contributed by atoms with van der Waals surface area (Å²) in [4.78, 5) is 15.7. The van der Waals surface area contributed by atoms with E-state index >= 15 is 0 Å². The molecule has 2 nitrogen and oxygen atoms in total. The van der Waals surface area contributed by atoms with Gasteiger partial charge in [-0.3, -0.25) is 0 Å². The first-order chi connectivity index (χ1) is 9.59. The summed E-state index contributed by atoms with van der Waals surface area (Å²) in [5.74, 6) is 1.60. The maximum atomic E-state index is 12.2. The van der Waals surface area contributed by atoms with E-state index in [1.165, 1.54) is 10.7 Å². The van der Waals surface area contributed by atoms with E-state index in [0.29, 0.717) is 11.4 Å². The Morgan fingerprint density at radius 1 is 1.20 bits per heavy atom. The maximum absolute atomic E-state index is 12.2. The molecule has 1 atom stereocenters. The van der Waals surface area contributed by atoms with Crippen molar-refractivity contribution < 1.29 is 4.79 Å². The molecule has 1 aliphatic carbocycles. The third kappa shape index (κ3) is 3.94. The van der Waals surface area contributed by atoms with Crippen LogP contribution in [0.15, 0.2) is 30.3 Å². The summed E-state index contributed by atoms with van der Waals surface area (Å²) in [5, 5.41) is 0.633. The van der Waals surface area contributed by atoms with Gasteiger partial charge < -0.3 is 0 Å². The fourth-order valence-corrected chi connectivity index (χ4v) is 4.19. The van der Waals surface area contributed by atoms with Gasteiger partial charge in [-0.05, 0) is 0 Å². The van der Waals surface area contributed by atoms with Crippen molar-refractivity contribution in [3.63, 3.8) is 0 Å². The molecule has 0 aromatic heterocycles. The molecule has 1 aromatic rings. The van der Waals surface area contributed by atoms with E-state index in [1.807, 2.05) is 30.3 Å².